The number of likely N-dealkylation sites (tertiary alicyclic amines) is 1. The third-order valence-corrected chi connectivity index (χ3v) is 6.37. The highest BCUT2D eigenvalue weighted by Crippen LogP contribution is 2.39. The van der Waals surface area contributed by atoms with Crippen molar-refractivity contribution in [2.24, 2.45) is 13.0 Å². The van der Waals surface area contributed by atoms with Crippen molar-refractivity contribution in [3.8, 4) is 0 Å². The number of aromatic nitrogens is 2. The van der Waals surface area contributed by atoms with Crippen LogP contribution in [0.25, 0.3) is 11.0 Å². The second kappa shape index (κ2) is 7.67. The largest absolute Gasteiger partial charge is 0.461 e. The topological polar surface area (TPSA) is 63.3 Å². The molecule has 0 aliphatic carbocycles. The van der Waals surface area contributed by atoms with Crippen LogP contribution in [0.4, 0.5) is 0 Å². The van der Waals surface area contributed by atoms with E-state index in [9.17, 15) is 4.79 Å². The van der Waals surface area contributed by atoms with Crippen LogP contribution in [0.15, 0.2) is 28.7 Å². The summed E-state index contributed by atoms with van der Waals surface area (Å²) in [5.74, 6) is 1.46. The second-order valence-electron chi connectivity index (χ2n) is 8.11. The molecule has 3 aromatic rings. The summed E-state index contributed by atoms with van der Waals surface area (Å²) in [6.45, 7) is 7.76. The predicted octanol–water partition coefficient (Wildman–Crippen LogP) is 3.65. The zero-order chi connectivity index (χ0) is 20.7. The fourth-order valence-electron chi connectivity index (χ4n) is 4.79. The average molecular weight is 395 g/mol. The number of fused-ring (bicyclic) bond motifs is 1. The van der Waals surface area contributed by atoms with Crippen LogP contribution in [0.1, 0.15) is 47.7 Å². The number of furan rings is 1. The van der Waals surface area contributed by atoms with Gasteiger partial charge in [0.05, 0.1) is 11.7 Å². The normalized spacial score (nSPS) is 19.6. The minimum atomic E-state index is 0.0652. The maximum absolute atomic E-state index is 12.5. The Morgan fingerprint density at radius 2 is 2.00 bits per heavy atom. The maximum Gasteiger partial charge on any atom is 0.223 e. The molecule has 2 aromatic heterocycles. The molecule has 0 unspecified atom stereocenters. The van der Waals surface area contributed by atoms with Gasteiger partial charge in [-0.3, -0.25) is 9.48 Å². The van der Waals surface area contributed by atoms with E-state index < -0.39 is 0 Å². The highest BCUT2D eigenvalue weighted by atomic mass is 16.3. The zero-order valence-corrected chi connectivity index (χ0v) is 18.0. The lowest BCUT2D eigenvalue weighted by Gasteiger charge is -2.26. The van der Waals surface area contributed by atoms with E-state index in [0.717, 1.165) is 42.2 Å². The molecule has 1 saturated heterocycles. The van der Waals surface area contributed by atoms with Gasteiger partial charge < -0.3 is 14.6 Å². The fourth-order valence-corrected chi connectivity index (χ4v) is 4.79. The van der Waals surface area contributed by atoms with Crippen LogP contribution in [-0.2, 0) is 24.8 Å². The van der Waals surface area contributed by atoms with Gasteiger partial charge in [-0.05, 0) is 19.9 Å². The first-order chi connectivity index (χ1) is 13.9. The summed E-state index contributed by atoms with van der Waals surface area (Å²) >= 11 is 0. The first kappa shape index (κ1) is 19.7. The first-order valence-corrected chi connectivity index (χ1v) is 10.4. The minimum Gasteiger partial charge on any atom is -0.461 e. The van der Waals surface area contributed by atoms with Gasteiger partial charge in [-0.15, -0.1) is 0 Å². The molecule has 1 aliphatic heterocycles. The van der Waals surface area contributed by atoms with Gasteiger partial charge in [0.15, 0.2) is 0 Å². The number of para-hydroxylation sites is 1. The van der Waals surface area contributed by atoms with Gasteiger partial charge in [0.25, 0.3) is 0 Å². The van der Waals surface area contributed by atoms with Crippen LogP contribution < -0.4 is 5.32 Å². The molecule has 1 aliphatic rings. The molecule has 0 spiro atoms. The van der Waals surface area contributed by atoms with Gasteiger partial charge in [0, 0.05) is 68.2 Å². The predicted molar refractivity (Wildman–Crippen MR) is 114 cm³/mol. The van der Waals surface area contributed by atoms with Crippen molar-refractivity contribution >= 4 is 16.9 Å². The molecule has 1 N–H and O–H groups in total. The van der Waals surface area contributed by atoms with E-state index in [1.807, 2.05) is 42.7 Å². The quantitative estimate of drug-likeness (QED) is 0.693. The van der Waals surface area contributed by atoms with Crippen LogP contribution >= 0.6 is 0 Å². The molecule has 1 fully saturated rings. The highest BCUT2D eigenvalue weighted by molar-refractivity contribution is 5.82. The Morgan fingerprint density at radius 1 is 1.24 bits per heavy atom. The Kier molecular flexibility index (Phi) is 5.21. The Bertz CT molecular complexity index is 1050. The number of benzene rings is 1. The number of amides is 1. The third kappa shape index (κ3) is 3.35. The summed E-state index contributed by atoms with van der Waals surface area (Å²) in [7, 11) is 3.88. The molecule has 0 radical (unpaired) electrons. The number of nitrogens with one attached hydrogen (secondary N) is 1. The number of aryl methyl sites for hydroxylation is 3. The fraction of sp³-hybridized carbons (Fsp3) is 0.478. The molecule has 2 atom stereocenters. The van der Waals surface area contributed by atoms with E-state index in [1.54, 1.807) is 0 Å². The summed E-state index contributed by atoms with van der Waals surface area (Å²) in [5, 5.41) is 9.36. The molecule has 3 heterocycles. The second-order valence-corrected chi connectivity index (χ2v) is 8.11. The number of nitrogens with zero attached hydrogens (tertiary/aromatic N) is 3. The van der Waals surface area contributed by atoms with Crippen LogP contribution in [0, 0.1) is 19.8 Å². The SMILES string of the molecule is CCc1oc2ccccc2c1CNC[C@@H]1CC(=O)N(C)[C@H]1c1c(C)nn(C)c1C. The number of carbonyl (C=O) groups is 1. The number of carbonyl (C=O) groups excluding carboxylic acids is 1. The van der Waals surface area contributed by atoms with Crippen molar-refractivity contribution in [2.45, 2.75) is 46.2 Å². The lowest BCUT2D eigenvalue weighted by molar-refractivity contribution is -0.127. The minimum absolute atomic E-state index is 0.0652. The summed E-state index contributed by atoms with van der Waals surface area (Å²) in [4.78, 5) is 14.4. The molecular weight excluding hydrogens is 364 g/mol. The molecule has 6 nitrogen and oxygen atoms in total. The lowest BCUT2D eigenvalue weighted by Crippen LogP contribution is -2.30. The van der Waals surface area contributed by atoms with E-state index in [2.05, 4.69) is 36.4 Å². The van der Waals surface area contributed by atoms with Crippen LogP contribution in [-0.4, -0.2) is 34.2 Å². The molecular formula is C23H30N4O2. The van der Waals surface area contributed by atoms with Gasteiger partial charge in [0.1, 0.15) is 11.3 Å². The Labute approximate surface area is 171 Å². The van der Waals surface area contributed by atoms with Crippen molar-refractivity contribution in [3.63, 3.8) is 0 Å². The van der Waals surface area contributed by atoms with Gasteiger partial charge >= 0.3 is 0 Å². The summed E-state index contributed by atoms with van der Waals surface area (Å²) in [6.07, 6.45) is 1.43. The van der Waals surface area contributed by atoms with E-state index in [4.69, 9.17) is 4.42 Å². The summed E-state index contributed by atoms with van der Waals surface area (Å²) in [6, 6.07) is 8.26. The molecule has 29 heavy (non-hydrogen) atoms. The van der Waals surface area contributed by atoms with Crippen molar-refractivity contribution in [3.05, 3.63) is 52.5 Å². The Hall–Kier alpha value is -2.60. The molecule has 1 amide bonds. The van der Waals surface area contributed by atoms with Crippen LogP contribution in [0.5, 0.6) is 0 Å². The van der Waals surface area contributed by atoms with Crippen molar-refractivity contribution in [2.75, 3.05) is 13.6 Å². The van der Waals surface area contributed by atoms with Crippen LogP contribution in [0.3, 0.4) is 0 Å². The maximum atomic E-state index is 12.5. The Morgan fingerprint density at radius 3 is 2.69 bits per heavy atom. The van der Waals surface area contributed by atoms with Crippen molar-refractivity contribution in [1.29, 1.82) is 0 Å². The summed E-state index contributed by atoms with van der Waals surface area (Å²) < 4.78 is 7.93. The van der Waals surface area contributed by atoms with Crippen LogP contribution in [0.2, 0.25) is 0 Å². The van der Waals surface area contributed by atoms with Crippen molar-refractivity contribution < 1.29 is 9.21 Å². The average Bonchev–Trinajstić information content (AvgIpc) is 3.28. The molecule has 0 saturated carbocycles. The summed E-state index contributed by atoms with van der Waals surface area (Å²) in [5.41, 5.74) is 5.50. The number of hydrogen-bond acceptors (Lipinski definition) is 4. The molecule has 0 bridgehead atoms. The Balaban J connectivity index is 1.54. The van der Waals surface area contributed by atoms with E-state index in [-0.39, 0.29) is 17.9 Å². The number of rotatable bonds is 6. The lowest BCUT2D eigenvalue weighted by atomic mass is 9.92. The molecule has 4 rings (SSSR count). The molecule has 154 valence electrons. The monoisotopic (exact) mass is 394 g/mol. The van der Waals surface area contributed by atoms with E-state index in [1.165, 1.54) is 16.5 Å². The van der Waals surface area contributed by atoms with Gasteiger partial charge in [-0.25, -0.2) is 0 Å². The van der Waals surface area contributed by atoms with E-state index >= 15 is 0 Å². The van der Waals surface area contributed by atoms with Gasteiger partial charge in [0.2, 0.25) is 5.91 Å². The van der Waals surface area contributed by atoms with Crippen molar-refractivity contribution in [1.82, 2.24) is 20.0 Å². The highest BCUT2D eigenvalue weighted by Gasteiger charge is 2.40. The standard InChI is InChI=1S/C23H30N4O2/c1-6-19-18(17-9-7-8-10-20(17)29-19)13-24-12-16-11-21(28)26(4)23(16)22-14(2)25-27(5)15(22)3/h7-10,16,23-24H,6,11-13H2,1-5H3/t16-,23+/m0/s1. The van der Waals surface area contributed by atoms with Gasteiger partial charge in [-0.1, -0.05) is 25.1 Å². The first-order valence-electron chi connectivity index (χ1n) is 10.4. The zero-order valence-electron chi connectivity index (χ0n) is 18.0. The third-order valence-electron chi connectivity index (χ3n) is 6.37. The molecule has 1 aromatic carbocycles. The van der Waals surface area contributed by atoms with Gasteiger partial charge in [-0.2, -0.15) is 5.10 Å². The smallest absolute Gasteiger partial charge is 0.223 e. The number of hydrogen-bond donors (Lipinski definition) is 1. The van der Waals surface area contributed by atoms with E-state index in [0.29, 0.717) is 6.42 Å². The molecule has 6 heteroatoms.